The van der Waals surface area contributed by atoms with Gasteiger partial charge >= 0.3 is 0 Å². The van der Waals surface area contributed by atoms with E-state index in [0.29, 0.717) is 5.41 Å². The molecule has 0 heterocycles. The largest absolute Gasteiger partial charge is 0.493 e. The molecule has 0 aromatic heterocycles. The molecule has 1 saturated carbocycles. The number of hydrogen-bond donors (Lipinski definition) is 1. The van der Waals surface area contributed by atoms with E-state index in [1.807, 2.05) is 0 Å². The molecule has 0 atom stereocenters. The lowest BCUT2D eigenvalue weighted by Crippen LogP contribution is -2.27. The lowest BCUT2D eigenvalue weighted by atomic mass is 9.90. The van der Waals surface area contributed by atoms with E-state index in [1.54, 1.807) is 0 Å². The fourth-order valence-electron chi connectivity index (χ4n) is 2.85. The zero-order chi connectivity index (χ0) is 13.2. The quantitative estimate of drug-likeness (QED) is 0.789. The van der Waals surface area contributed by atoms with Crippen molar-refractivity contribution in [2.24, 2.45) is 5.41 Å². The summed E-state index contributed by atoms with van der Waals surface area (Å²) in [5.41, 5.74) is 4.18. The minimum Gasteiger partial charge on any atom is -0.493 e. The molecule has 1 aromatic rings. The first kappa shape index (κ1) is 13.8. The van der Waals surface area contributed by atoms with Gasteiger partial charge in [0.2, 0.25) is 0 Å². The minimum atomic E-state index is 0.313. The number of hydrogen-bond acceptors (Lipinski definition) is 2. The van der Waals surface area contributed by atoms with Crippen molar-refractivity contribution in [3.63, 3.8) is 0 Å². The van der Waals surface area contributed by atoms with Crippen LogP contribution in [0.5, 0.6) is 5.75 Å². The van der Waals surface area contributed by atoms with E-state index in [9.17, 15) is 0 Å². The summed E-state index contributed by atoms with van der Waals surface area (Å²) >= 11 is 4.53. The topological polar surface area (TPSA) is 9.23 Å². The predicted octanol–water partition coefficient (Wildman–Crippen LogP) is 4.48. The highest BCUT2D eigenvalue weighted by atomic mass is 32.1. The third kappa shape index (κ3) is 2.85. The first-order valence-electron chi connectivity index (χ1n) is 6.88. The Morgan fingerprint density at radius 1 is 1.17 bits per heavy atom. The Balaban J connectivity index is 2.10. The lowest BCUT2D eigenvalue weighted by molar-refractivity contribution is 0.172. The van der Waals surface area contributed by atoms with Gasteiger partial charge < -0.3 is 4.74 Å². The van der Waals surface area contributed by atoms with Gasteiger partial charge in [0.1, 0.15) is 5.75 Å². The molecule has 1 aliphatic rings. The second-order valence-electron chi connectivity index (χ2n) is 5.86. The smallest absolute Gasteiger partial charge is 0.122 e. The summed E-state index contributed by atoms with van der Waals surface area (Å²) in [6.07, 6.45) is 5.19. The number of thiol groups is 1. The summed E-state index contributed by atoms with van der Waals surface area (Å²) in [6, 6.07) is 4.37. The highest BCUT2D eigenvalue weighted by Gasteiger charge is 2.33. The van der Waals surface area contributed by atoms with Crippen LogP contribution in [0, 0.1) is 26.2 Å². The molecule has 1 aliphatic carbocycles. The number of benzene rings is 1. The van der Waals surface area contributed by atoms with Gasteiger partial charge in [-0.25, -0.2) is 0 Å². The average Bonchev–Trinajstić information content (AvgIpc) is 2.81. The minimum absolute atomic E-state index is 0.313. The molecule has 0 spiro atoms. The molecule has 100 valence electrons. The summed E-state index contributed by atoms with van der Waals surface area (Å²) in [4.78, 5) is 0. The van der Waals surface area contributed by atoms with Crippen LogP contribution in [-0.2, 0) is 0 Å². The lowest BCUT2D eigenvalue weighted by Gasteiger charge is -2.27. The molecule has 0 radical (unpaired) electrons. The van der Waals surface area contributed by atoms with Crippen LogP contribution in [0.4, 0.5) is 0 Å². The molecule has 0 N–H and O–H groups in total. The van der Waals surface area contributed by atoms with Crippen LogP contribution in [0.15, 0.2) is 12.1 Å². The van der Waals surface area contributed by atoms with Crippen LogP contribution >= 0.6 is 12.6 Å². The van der Waals surface area contributed by atoms with E-state index >= 15 is 0 Å². The predicted molar refractivity (Wildman–Crippen MR) is 80.9 cm³/mol. The van der Waals surface area contributed by atoms with Crippen LogP contribution in [0.1, 0.15) is 42.4 Å². The number of ether oxygens (including phenoxy) is 1. The molecular weight excluding hydrogens is 240 g/mol. The zero-order valence-corrected chi connectivity index (χ0v) is 12.6. The van der Waals surface area contributed by atoms with Crippen molar-refractivity contribution in [1.29, 1.82) is 0 Å². The van der Waals surface area contributed by atoms with Crippen molar-refractivity contribution < 1.29 is 4.74 Å². The highest BCUT2D eigenvalue weighted by Crippen LogP contribution is 2.39. The van der Waals surface area contributed by atoms with Crippen LogP contribution in [0.25, 0.3) is 0 Å². The molecule has 1 nitrogen and oxygen atoms in total. The summed E-state index contributed by atoms with van der Waals surface area (Å²) in [6.45, 7) is 7.24. The van der Waals surface area contributed by atoms with Gasteiger partial charge in [0.05, 0.1) is 6.61 Å². The van der Waals surface area contributed by atoms with E-state index < -0.39 is 0 Å². The molecule has 0 saturated heterocycles. The first-order valence-corrected chi connectivity index (χ1v) is 7.51. The van der Waals surface area contributed by atoms with E-state index in [2.05, 4.69) is 45.5 Å². The van der Waals surface area contributed by atoms with Gasteiger partial charge in [0.25, 0.3) is 0 Å². The Morgan fingerprint density at radius 3 is 2.44 bits per heavy atom. The maximum absolute atomic E-state index is 6.13. The SMILES string of the molecule is Cc1cc(C)c(C)c(OCC2(CS)CCCC2)c1. The Hall–Kier alpha value is -0.630. The van der Waals surface area contributed by atoms with E-state index in [1.165, 1.54) is 42.4 Å². The molecule has 0 unspecified atom stereocenters. The van der Waals surface area contributed by atoms with Crippen molar-refractivity contribution >= 4 is 12.6 Å². The molecule has 0 amide bonds. The maximum Gasteiger partial charge on any atom is 0.122 e. The van der Waals surface area contributed by atoms with Crippen LogP contribution in [0.2, 0.25) is 0 Å². The standard InChI is InChI=1S/C16H24OS/c1-12-8-13(2)14(3)15(9-12)17-10-16(11-18)6-4-5-7-16/h8-9,18H,4-7,10-11H2,1-3H3. The summed E-state index contributed by atoms with van der Waals surface area (Å²) in [7, 11) is 0. The second kappa shape index (κ2) is 5.56. The van der Waals surface area contributed by atoms with Gasteiger partial charge in [-0.2, -0.15) is 12.6 Å². The zero-order valence-electron chi connectivity index (χ0n) is 11.8. The van der Waals surface area contributed by atoms with Crippen molar-refractivity contribution in [2.75, 3.05) is 12.4 Å². The number of rotatable bonds is 4. The Morgan fingerprint density at radius 2 is 1.83 bits per heavy atom. The third-order valence-electron chi connectivity index (χ3n) is 4.30. The molecule has 1 aromatic carbocycles. The molecule has 1 fully saturated rings. The van der Waals surface area contributed by atoms with Gasteiger partial charge in [0.15, 0.2) is 0 Å². The number of aryl methyl sites for hydroxylation is 2. The van der Waals surface area contributed by atoms with Gasteiger partial charge in [-0.1, -0.05) is 18.9 Å². The fourth-order valence-corrected chi connectivity index (χ4v) is 3.26. The van der Waals surface area contributed by atoms with Crippen LogP contribution < -0.4 is 4.74 Å². The van der Waals surface area contributed by atoms with Crippen molar-refractivity contribution in [3.8, 4) is 5.75 Å². The summed E-state index contributed by atoms with van der Waals surface area (Å²) < 4.78 is 6.13. The second-order valence-corrected chi connectivity index (χ2v) is 6.18. The summed E-state index contributed by atoms with van der Waals surface area (Å²) in [5, 5.41) is 0. The monoisotopic (exact) mass is 264 g/mol. The first-order chi connectivity index (χ1) is 8.56. The summed E-state index contributed by atoms with van der Waals surface area (Å²) in [5.74, 6) is 2.00. The molecule has 2 heteroatoms. The fraction of sp³-hybridized carbons (Fsp3) is 0.625. The molecule has 0 aliphatic heterocycles. The van der Waals surface area contributed by atoms with Gasteiger partial charge in [-0.3, -0.25) is 0 Å². The molecule has 2 rings (SSSR count). The highest BCUT2D eigenvalue weighted by molar-refractivity contribution is 7.80. The molecule has 0 bridgehead atoms. The van der Waals surface area contributed by atoms with Crippen molar-refractivity contribution in [3.05, 3.63) is 28.8 Å². The van der Waals surface area contributed by atoms with Gasteiger partial charge in [-0.05, 0) is 62.1 Å². The Labute approximate surface area is 116 Å². The third-order valence-corrected chi connectivity index (χ3v) is 4.97. The Kier molecular flexibility index (Phi) is 4.26. The Bertz CT molecular complexity index is 419. The van der Waals surface area contributed by atoms with Gasteiger partial charge in [0, 0.05) is 5.41 Å². The van der Waals surface area contributed by atoms with E-state index in [4.69, 9.17) is 4.74 Å². The molecule has 18 heavy (non-hydrogen) atoms. The van der Waals surface area contributed by atoms with E-state index in [-0.39, 0.29) is 0 Å². The van der Waals surface area contributed by atoms with Crippen LogP contribution in [0.3, 0.4) is 0 Å². The van der Waals surface area contributed by atoms with Crippen molar-refractivity contribution in [2.45, 2.75) is 46.5 Å². The average molecular weight is 264 g/mol. The van der Waals surface area contributed by atoms with Gasteiger partial charge in [-0.15, -0.1) is 0 Å². The van der Waals surface area contributed by atoms with Crippen molar-refractivity contribution in [1.82, 2.24) is 0 Å². The molecular formula is C16H24OS. The normalized spacial score (nSPS) is 18.0. The maximum atomic E-state index is 6.13. The van der Waals surface area contributed by atoms with E-state index in [0.717, 1.165) is 18.1 Å². The van der Waals surface area contributed by atoms with Crippen LogP contribution in [-0.4, -0.2) is 12.4 Å².